The van der Waals surface area contributed by atoms with Gasteiger partial charge in [0.1, 0.15) is 23.5 Å². The number of aromatic amines is 1. The van der Waals surface area contributed by atoms with Crippen molar-refractivity contribution in [2.75, 3.05) is 5.73 Å². The van der Waals surface area contributed by atoms with Gasteiger partial charge in [0.2, 0.25) is 0 Å². The summed E-state index contributed by atoms with van der Waals surface area (Å²) < 4.78 is 5.46. The fourth-order valence-corrected chi connectivity index (χ4v) is 2.35. The predicted octanol–water partition coefficient (Wildman–Crippen LogP) is 2.89. The minimum absolute atomic E-state index is 0.0291. The van der Waals surface area contributed by atoms with Crippen molar-refractivity contribution in [3.8, 4) is 11.4 Å². The minimum atomic E-state index is -0.201. The third kappa shape index (κ3) is 1.87. The standard InChI is InChI=1S/C15H15N3O2/c1-8(2)12-13(16)17-14(18-15(12)19)10-7-20-11-6-4-3-5-9(10)11/h3-8H,1-2H3,(H3,16,17,18,19). The number of nitrogens with zero attached hydrogens (tertiary/aromatic N) is 1. The van der Waals surface area contributed by atoms with Crippen LogP contribution in [0.15, 0.2) is 39.7 Å². The smallest absolute Gasteiger partial charge is 0.256 e. The third-order valence-electron chi connectivity index (χ3n) is 3.30. The maximum Gasteiger partial charge on any atom is 0.256 e. The molecule has 2 heterocycles. The summed E-state index contributed by atoms with van der Waals surface area (Å²) in [5, 5.41) is 0.896. The SMILES string of the molecule is CC(C)c1c(N)nc(-c2coc3ccccc23)[nH]c1=O. The summed E-state index contributed by atoms with van der Waals surface area (Å²) in [4.78, 5) is 19.2. The van der Waals surface area contributed by atoms with Crippen LogP contribution in [0.25, 0.3) is 22.4 Å². The normalized spacial score (nSPS) is 11.3. The van der Waals surface area contributed by atoms with Crippen LogP contribution in [-0.4, -0.2) is 9.97 Å². The van der Waals surface area contributed by atoms with Gasteiger partial charge < -0.3 is 15.1 Å². The van der Waals surface area contributed by atoms with Crippen LogP contribution in [0, 0.1) is 0 Å². The van der Waals surface area contributed by atoms with E-state index < -0.39 is 0 Å². The second kappa shape index (κ2) is 4.52. The molecule has 5 nitrogen and oxygen atoms in total. The summed E-state index contributed by atoms with van der Waals surface area (Å²) in [6.07, 6.45) is 1.58. The Morgan fingerprint density at radius 1 is 1.30 bits per heavy atom. The van der Waals surface area contributed by atoms with Gasteiger partial charge in [-0.3, -0.25) is 4.79 Å². The van der Waals surface area contributed by atoms with E-state index in [1.807, 2.05) is 38.1 Å². The van der Waals surface area contributed by atoms with Gasteiger partial charge in [-0.25, -0.2) is 4.98 Å². The fourth-order valence-electron chi connectivity index (χ4n) is 2.35. The molecule has 20 heavy (non-hydrogen) atoms. The van der Waals surface area contributed by atoms with Gasteiger partial charge in [0, 0.05) is 5.39 Å². The topological polar surface area (TPSA) is 84.9 Å². The molecule has 0 aliphatic heterocycles. The van der Waals surface area contributed by atoms with Gasteiger partial charge in [0.15, 0.2) is 0 Å². The largest absolute Gasteiger partial charge is 0.464 e. The number of nitrogens with two attached hydrogens (primary N) is 1. The van der Waals surface area contributed by atoms with Crippen LogP contribution >= 0.6 is 0 Å². The molecular formula is C15H15N3O2. The number of H-pyrrole nitrogens is 1. The Hall–Kier alpha value is -2.56. The van der Waals surface area contributed by atoms with Crippen LogP contribution in [-0.2, 0) is 0 Å². The van der Waals surface area contributed by atoms with Gasteiger partial charge in [-0.1, -0.05) is 32.0 Å². The van der Waals surface area contributed by atoms with Gasteiger partial charge >= 0.3 is 0 Å². The molecule has 3 N–H and O–H groups in total. The maximum absolute atomic E-state index is 12.1. The van der Waals surface area contributed by atoms with Crippen molar-refractivity contribution in [3.63, 3.8) is 0 Å². The molecule has 0 saturated heterocycles. The average molecular weight is 269 g/mol. The molecule has 0 aliphatic carbocycles. The summed E-state index contributed by atoms with van der Waals surface area (Å²) in [5.74, 6) is 0.729. The summed E-state index contributed by atoms with van der Waals surface area (Å²) >= 11 is 0. The number of hydrogen-bond acceptors (Lipinski definition) is 4. The molecule has 0 unspecified atom stereocenters. The quantitative estimate of drug-likeness (QED) is 0.749. The number of benzene rings is 1. The molecule has 2 aromatic heterocycles. The molecule has 5 heteroatoms. The van der Waals surface area contributed by atoms with Gasteiger partial charge in [-0.15, -0.1) is 0 Å². The number of hydrogen-bond donors (Lipinski definition) is 2. The average Bonchev–Trinajstić information content (AvgIpc) is 2.81. The van der Waals surface area contributed by atoms with Gasteiger partial charge in [-0.05, 0) is 12.0 Å². The Morgan fingerprint density at radius 2 is 2.05 bits per heavy atom. The Labute approximate surface area is 115 Å². The van der Waals surface area contributed by atoms with Gasteiger partial charge in [0.05, 0.1) is 11.1 Å². The van der Waals surface area contributed by atoms with Crippen molar-refractivity contribution in [3.05, 3.63) is 46.4 Å². The fraction of sp³-hybridized carbons (Fsp3) is 0.200. The summed E-state index contributed by atoms with van der Waals surface area (Å²) in [7, 11) is 0. The van der Waals surface area contributed by atoms with E-state index >= 15 is 0 Å². The number of nitrogen functional groups attached to an aromatic ring is 1. The first-order chi connectivity index (χ1) is 9.58. The van der Waals surface area contributed by atoms with Gasteiger partial charge in [-0.2, -0.15) is 0 Å². The zero-order valence-corrected chi connectivity index (χ0v) is 11.3. The van der Waals surface area contributed by atoms with Crippen LogP contribution < -0.4 is 11.3 Å². The molecule has 3 aromatic rings. The molecule has 0 bridgehead atoms. The van der Waals surface area contributed by atoms with Crippen LogP contribution in [0.2, 0.25) is 0 Å². The Bertz CT molecular complexity index is 830. The Balaban J connectivity index is 2.23. The second-order valence-corrected chi connectivity index (χ2v) is 5.01. The van der Waals surface area contributed by atoms with Crippen molar-refractivity contribution in [1.82, 2.24) is 9.97 Å². The lowest BCUT2D eigenvalue weighted by atomic mass is 10.1. The van der Waals surface area contributed by atoms with E-state index in [-0.39, 0.29) is 17.3 Å². The zero-order chi connectivity index (χ0) is 14.3. The van der Waals surface area contributed by atoms with Crippen LogP contribution in [0.4, 0.5) is 5.82 Å². The Kier molecular flexibility index (Phi) is 2.82. The number of nitrogens with one attached hydrogen (secondary N) is 1. The first-order valence-electron chi connectivity index (χ1n) is 6.44. The Morgan fingerprint density at radius 3 is 2.75 bits per heavy atom. The van der Waals surface area contributed by atoms with E-state index in [1.54, 1.807) is 6.26 Å². The number of rotatable bonds is 2. The lowest BCUT2D eigenvalue weighted by molar-refractivity contribution is 0.616. The van der Waals surface area contributed by atoms with Crippen molar-refractivity contribution in [1.29, 1.82) is 0 Å². The van der Waals surface area contributed by atoms with E-state index in [0.717, 1.165) is 16.5 Å². The number of anilines is 1. The van der Waals surface area contributed by atoms with Crippen molar-refractivity contribution < 1.29 is 4.42 Å². The lowest BCUT2D eigenvalue weighted by Crippen LogP contribution is -2.19. The van der Waals surface area contributed by atoms with Crippen molar-refractivity contribution in [2.45, 2.75) is 19.8 Å². The highest BCUT2D eigenvalue weighted by atomic mass is 16.3. The van der Waals surface area contributed by atoms with E-state index in [2.05, 4.69) is 9.97 Å². The predicted molar refractivity (Wildman–Crippen MR) is 78.6 cm³/mol. The number of para-hydroxylation sites is 1. The number of aromatic nitrogens is 2. The zero-order valence-electron chi connectivity index (χ0n) is 11.3. The molecule has 0 radical (unpaired) electrons. The first kappa shape index (κ1) is 12.5. The molecule has 1 aromatic carbocycles. The van der Waals surface area contributed by atoms with Gasteiger partial charge in [0.25, 0.3) is 5.56 Å². The number of fused-ring (bicyclic) bond motifs is 1. The summed E-state index contributed by atoms with van der Waals surface area (Å²) in [6, 6.07) is 7.58. The maximum atomic E-state index is 12.1. The number of furan rings is 1. The molecule has 0 fully saturated rings. The summed E-state index contributed by atoms with van der Waals surface area (Å²) in [6.45, 7) is 3.82. The highest BCUT2D eigenvalue weighted by Gasteiger charge is 2.15. The lowest BCUT2D eigenvalue weighted by Gasteiger charge is -2.08. The van der Waals surface area contributed by atoms with Crippen LogP contribution in [0.1, 0.15) is 25.3 Å². The molecule has 0 amide bonds. The second-order valence-electron chi connectivity index (χ2n) is 5.01. The first-order valence-corrected chi connectivity index (χ1v) is 6.44. The van der Waals surface area contributed by atoms with E-state index in [9.17, 15) is 4.79 Å². The molecule has 0 saturated carbocycles. The highest BCUT2D eigenvalue weighted by molar-refractivity contribution is 5.92. The van der Waals surface area contributed by atoms with E-state index in [0.29, 0.717) is 11.4 Å². The monoisotopic (exact) mass is 269 g/mol. The molecule has 0 aliphatic rings. The molecule has 0 atom stereocenters. The van der Waals surface area contributed by atoms with E-state index in [1.165, 1.54) is 0 Å². The van der Waals surface area contributed by atoms with Crippen LogP contribution in [0.5, 0.6) is 0 Å². The molecular weight excluding hydrogens is 254 g/mol. The minimum Gasteiger partial charge on any atom is -0.464 e. The van der Waals surface area contributed by atoms with E-state index in [4.69, 9.17) is 10.2 Å². The van der Waals surface area contributed by atoms with Crippen LogP contribution in [0.3, 0.4) is 0 Å². The van der Waals surface area contributed by atoms with Crippen molar-refractivity contribution in [2.24, 2.45) is 0 Å². The third-order valence-corrected chi connectivity index (χ3v) is 3.30. The molecule has 3 rings (SSSR count). The van der Waals surface area contributed by atoms with Crippen molar-refractivity contribution >= 4 is 16.8 Å². The molecule has 0 spiro atoms. The summed E-state index contributed by atoms with van der Waals surface area (Å²) in [5.41, 5.74) is 7.71. The molecule has 102 valence electrons. The highest BCUT2D eigenvalue weighted by Crippen LogP contribution is 2.28.